The standard InChI is InChI=1S/C21H26N2O2/c1-4-19(16-10-8-7-9-11-16)20(24)22-18-14-12-17(13-15-18)21(25)23(5-2)6-3/h7-15,19H,4-6H2,1-3H3,(H,22,24)/t19-/m1/s1. The Morgan fingerprint density at radius 1 is 0.920 bits per heavy atom. The van der Waals surface area contributed by atoms with Gasteiger partial charge in [0.25, 0.3) is 5.91 Å². The van der Waals surface area contributed by atoms with Gasteiger partial charge in [0, 0.05) is 24.3 Å². The Morgan fingerprint density at radius 3 is 2.04 bits per heavy atom. The van der Waals surface area contributed by atoms with Gasteiger partial charge < -0.3 is 10.2 Å². The van der Waals surface area contributed by atoms with Crippen molar-refractivity contribution in [1.82, 2.24) is 4.90 Å². The molecule has 0 saturated heterocycles. The van der Waals surface area contributed by atoms with Gasteiger partial charge in [0.05, 0.1) is 5.92 Å². The lowest BCUT2D eigenvalue weighted by molar-refractivity contribution is -0.117. The van der Waals surface area contributed by atoms with E-state index in [2.05, 4.69) is 5.32 Å². The smallest absolute Gasteiger partial charge is 0.253 e. The largest absolute Gasteiger partial charge is 0.339 e. The van der Waals surface area contributed by atoms with Crippen molar-refractivity contribution in [1.29, 1.82) is 0 Å². The van der Waals surface area contributed by atoms with Crippen molar-refractivity contribution in [2.75, 3.05) is 18.4 Å². The number of rotatable bonds is 7. The van der Waals surface area contributed by atoms with E-state index in [1.165, 1.54) is 0 Å². The van der Waals surface area contributed by atoms with Gasteiger partial charge >= 0.3 is 0 Å². The fraction of sp³-hybridized carbons (Fsp3) is 0.333. The van der Waals surface area contributed by atoms with Gasteiger partial charge in [0.15, 0.2) is 0 Å². The van der Waals surface area contributed by atoms with Gasteiger partial charge in [0.2, 0.25) is 5.91 Å². The number of nitrogens with one attached hydrogen (secondary N) is 1. The molecular weight excluding hydrogens is 312 g/mol. The number of anilines is 1. The van der Waals surface area contributed by atoms with Crippen LogP contribution in [0.5, 0.6) is 0 Å². The first kappa shape index (κ1) is 18.7. The Kier molecular flexibility index (Phi) is 6.75. The van der Waals surface area contributed by atoms with Crippen molar-refractivity contribution < 1.29 is 9.59 Å². The minimum Gasteiger partial charge on any atom is -0.339 e. The summed E-state index contributed by atoms with van der Waals surface area (Å²) in [5.41, 5.74) is 2.35. The summed E-state index contributed by atoms with van der Waals surface area (Å²) in [5, 5.41) is 2.95. The summed E-state index contributed by atoms with van der Waals surface area (Å²) in [6.45, 7) is 7.30. The number of benzene rings is 2. The van der Waals surface area contributed by atoms with Crippen LogP contribution < -0.4 is 5.32 Å². The highest BCUT2D eigenvalue weighted by Gasteiger charge is 2.19. The summed E-state index contributed by atoms with van der Waals surface area (Å²) in [4.78, 5) is 26.7. The fourth-order valence-corrected chi connectivity index (χ4v) is 2.88. The predicted octanol–water partition coefficient (Wildman–Crippen LogP) is 4.30. The van der Waals surface area contributed by atoms with Crippen LogP contribution >= 0.6 is 0 Å². The number of nitrogens with zero attached hydrogens (tertiary/aromatic N) is 1. The molecule has 2 amide bonds. The summed E-state index contributed by atoms with van der Waals surface area (Å²) in [6, 6.07) is 16.9. The van der Waals surface area contributed by atoms with Crippen molar-refractivity contribution in [3.05, 3.63) is 65.7 Å². The van der Waals surface area contributed by atoms with Gasteiger partial charge in [-0.2, -0.15) is 0 Å². The van der Waals surface area contributed by atoms with E-state index in [0.717, 1.165) is 12.0 Å². The Morgan fingerprint density at radius 2 is 1.52 bits per heavy atom. The highest BCUT2D eigenvalue weighted by molar-refractivity contribution is 5.97. The Labute approximate surface area is 149 Å². The molecule has 0 spiro atoms. The molecule has 1 N–H and O–H groups in total. The normalized spacial score (nSPS) is 11.6. The van der Waals surface area contributed by atoms with Crippen LogP contribution in [0, 0.1) is 0 Å². The molecule has 0 heterocycles. The SMILES string of the molecule is CC[C@@H](C(=O)Nc1ccc(C(=O)N(CC)CC)cc1)c1ccccc1. The molecule has 1 atom stereocenters. The molecule has 0 aliphatic carbocycles. The van der Waals surface area contributed by atoms with Crippen LogP contribution in [0.1, 0.15) is 49.0 Å². The highest BCUT2D eigenvalue weighted by Crippen LogP contribution is 2.22. The molecule has 0 aliphatic rings. The number of hydrogen-bond donors (Lipinski definition) is 1. The summed E-state index contributed by atoms with van der Waals surface area (Å²) < 4.78 is 0. The third-order valence-corrected chi connectivity index (χ3v) is 4.38. The first-order valence-corrected chi connectivity index (χ1v) is 8.85. The van der Waals surface area contributed by atoms with E-state index in [0.29, 0.717) is 24.3 Å². The van der Waals surface area contributed by atoms with Crippen molar-refractivity contribution in [2.45, 2.75) is 33.1 Å². The fourth-order valence-electron chi connectivity index (χ4n) is 2.88. The lowest BCUT2D eigenvalue weighted by Crippen LogP contribution is -2.30. The molecule has 0 aliphatic heterocycles. The van der Waals surface area contributed by atoms with Gasteiger partial charge in [-0.1, -0.05) is 37.3 Å². The summed E-state index contributed by atoms with van der Waals surface area (Å²) in [5.74, 6) is -0.201. The topological polar surface area (TPSA) is 49.4 Å². The molecule has 4 heteroatoms. The third-order valence-electron chi connectivity index (χ3n) is 4.38. The molecule has 0 unspecified atom stereocenters. The second-order valence-corrected chi connectivity index (χ2v) is 5.92. The third kappa shape index (κ3) is 4.69. The highest BCUT2D eigenvalue weighted by atomic mass is 16.2. The van der Waals surface area contributed by atoms with E-state index in [9.17, 15) is 9.59 Å². The van der Waals surface area contributed by atoms with Crippen LogP contribution in [0.25, 0.3) is 0 Å². The van der Waals surface area contributed by atoms with Gasteiger partial charge in [-0.3, -0.25) is 9.59 Å². The number of amides is 2. The maximum Gasteiger partial charge on any atom is 0.253 e. The summed E-state index contributed by atoms with van der Waals surface area (Å²) >= 11 is 0. The summed E-state index contributed by atoms with van der Waals surface area (Å²) in [6.07, 6.45) is 0.731. The Hall–Kier alpha value is -2.62. The van der Waals surface area contributed by atoms with Gasteiger partial charge in [0.1, 0.15) is 0 Å². The van der Waals surface area contributed by atoms with E-state index in [-0.39, 0.29) is 17.7 Å². The maximum atomic E-state index is 12.6. The van der Waals surface area contributed by atoms with Crippen LogP contribution in [0.15, 0.2) is 54.6 Å². The molecular formula is C21H26N2O2. The molecule has 0 saturated carbocycles. The zero-order valence-electron chi connectivity index (χ0n) is 15.2. The van der Waals surface area contributed by atoms with Crippen molar-refractivity contribution in [3.8, 4) is 0 Å². The lowest BCUT2D eigenvalue weighted by atomic mass is 9.95. The minimum absolute atomic E-state index is 0.0126. The predicted molar refractivity (Wildman–Crippen MR) is 102 cm³/mol. The van der Waals surface area contributed by atoms with Gasteiger partial charge in [-0.05, 0) is 50.1 Å². The zero-order chi connectivity index (χ0) is 18.2. The molecule has 132 valence electrons. The van der Waals surface area contributed by atoms with E-state index >= 15 is 0 Å². The molecule has 2 aromatic rings. The molecule has 2 rings (SSSR count). The molecule has 2 aromatic carbocycles. The van der Waals surface area contributed by atoms with Crippen LogP contribution in [0.4, 0.5) is 5.69 Å². The zero-order valence-corrected chi connectivity index (χ0v) is 15.2. The number of carbonyl (C=O) groups excluding carboxylic acids is 2. The van der Waals surface area contributed by atoms with Gasteiger partial charge in [-0.25, -0.2) is 0 Å². The van der Waals surface area contributed by atoms with E-state index in [4.69, 9.17) is 0 Å². The molecule has 4 nitrogen and oxygen atoms in total. The minimum atomic E-state index is -0.182. The average Bonchev–Trinajstić information content (AvgIpc) is 2.64. The van der Waals surface area contributed by atoms with E-state index in [1.54, 1.807) is 29.2 Å². The first-order valence-electron chi connectivity index (χ1n) is 8.85. The lowest BCUT2D eigenvalue weighted by Gasteiger charge is -2.19. The van der Waals surface area contributed by atoms with Crippen LogP contribution in [-0.2, 0) is 4.79 Å². The van der Waals surface area contributed by atoms with Crippen molar-refractivity contribution >= 4 is 17.5 Å². The second kappa shape index (κ2) is 9.02. The van der Waals surface area contributed by atoms with E-state index < -0.39 is 0 Å². The molecule has 0 radical (unpaired) electrons. The number of carbonyl (C=O) groups is 2. The second-order valence-electron chi connectivity index (χ2n) is 5.92. The Bertz CT molecular complexity index is 692. The average molecular weight is 338 g/mol. The van der Waals surface area contributed by atoms with Gasteiger partial charge in [-0.15, -0.1) is 0 Å². The van der Waals surface area contributed by atoms with Crippen molar-refractivity contribution in [2.24, 2.45) is 0 Å². The van der Waals surface area contributed by atoms with Crippen LogP contribution in [-0.4, -0.2) is 29.8 Å². The molecule has 0 bridgehead atoms. The maximum absolute atomic E-state index is 12.6. The van der Waals surface area contributed by atoms with Crippen LogP contribution in [0.2, 0.25) is 0 Å². The quantitative estimate of drug-likeness (QED) is 0.818. The van der Waals surface area contributed by atoms with Crippen LogP contribution in [0.3, 0.4) is 0 Å². The number of hydrogen-bond acceptors (Lipinski definition) is 2. The molecule has 25 heavy (non-hydrogen) atoms. The monoisotopic (exact) mass is 338 g/mol. The van der Waals surface area contributed by atoms with Crippen molar-refractivity contribution in [3.63, 3.8) is 0 Å². The molecule has 0 aromatic heterocycles. The molecule has 0 fully saturated rings. The van der Waals surface area contributed by atoms with E-state index in [1.807, 2.05) is 51.1 Å². The first-order chi connectivity index (χ1) is 12.1. The Balaban J connectivity index is 2.07. The summed E-state index contributed by atoms with van der Waals surface area (Å²) in [7, 11) is 0.